The van der Waals surface area contributed by atoms with Crippen LogP contribution in [-0.4, -0.2) is 10.1 Å². The molecule has 2 rings (SSSR count). The lowest BCUT2D eigenvalue weighted by molar-refractivity contribution is 0.404. The molecule has 0 amide bonds. The van der Waals surface area contributed by atoms with Gasteiger partial charge in [0.2, 0.25) is 0 Å². The number of aromatic nitrogens is 1. The maximum Gasteiger partial charge on any atom is 0.180 e. The number of oxazole rings is 1. The molecule has 0 saturated heterocycles. The highest BCUT2D eigenvalue weighted by Crippen LogP contribution is 2.36. The minimum Gasteiger partial charge on any atom is -0.508 e. The number of rotatable bonds is 2. The summed E-state index contributed by atoms with van der Waals surface area (Å²) in [4.78, 5) is 3.90. The average molecular weight is 203 g/mol. The van der Waals surface area contributed by atoms with E-state index < -0.39 is 0 Å². The number of hydrogen-bond acceptors (Lipinski definition) is 3. The Labute approximate surface area is 88.4 Å². The lowest BCUT2D eigenvalue weighted by Crippen LogP contribution is -2.18. The second-order valence-electron chi connectivity index (χ2n) is 4.01. The molecule has 3 nitrogen and oxygen atoms in total. The summed E-state index contributed by atoms with van der Waals surface area (Å²) in [6.45, 7) is 3.98. The second-order valence-corrected chi connectivity index (χ2v) is 4.01. The van der Waals surface area contributed by atoms with Crippen LogP contribution in [0.5, 0.6) is 5.75 Å². The lowest BCUT2D eigenvalue weighted by atomic mass is 9.82. The standard InChI is InChI=1S/C12H13NO2/c1-12(2,11-7-13-8-15-11)9-5-3-4-6-10(9)14/h3-8,14H,1-2H3. The predicted octanol–water partition coefficient (Wildman–Crippen LogP) is 2.71. The summed E-state index contributed by atoms with van der Waals surface area (Å²) in [7, 11) is 0. The van der Waals surface area contributed by atoms with Gasteiger partial charge in [0.05, 0.1) is 11.6 Å². The van der Waals surface area contributed by atoms with Crippen molar-refractivity contribution in [1.82, 2.24) is 4.98 Å². The number of nitrogens with zero attached hydrogens (tertiary/aromatic N) is 1. The average Bonchev–Trinajstić information content (AvgIpc) is 2.71. The van der Waals surface area contributed by atoms with Gasteiger partial charge in [-0.15, -0.1) is 0 Å². The summed E-state index contributed by atoms with van der Waals surface area (Å²) in [6, 6.07) is 7.26. The van der Waals surface area contributed by atoms with E-state index >= 15 is 0 Å². The van der Waals surface area contributed by atoms with Gasteiger partial charge in [0, 0.05) is 5.56 Å². The monoisotopic (exact) mass is 203 g/mol. The molecule has 1 N–H and O–H groups in total. The Morgan fingerprint density at radius 1 is 1.27 bits per heavy atom. The minimum atomic E-state index is -0.373. The van der Waals surface area contributed by atoms with Crippen LogP contribution < -0.4 is 0 Å². The summed E-state index contributed by atoms with van der Waals surface area (Å²) in [5.41, 5.74) is 0.462. The molecule has 15 heavy (non-hydrogen) atoms. The lowest BCUT2D eigenvalue weighted by Gasteiger charge is -2.22. The van der Waals surface area contributed by atoms with E-state index in [1.165, 1.54) is 6.39 Å². The van der Waals surface area contributed by atoms with Crippen LogP contribution in [0.2, 0.25) is 0 Å². The third-order valence-corrected chi connectivity index (χ3v) is 2.63. The van der Waals surface area contributed by atoms with E-state index in [1.54, 1.807) is 18.3 Å². The smallest absolute Gasteiger partial charge is 0.180 e. The summed E-state index contributed by atoms with van der Waals surface area (Å²) < 4.78 is 5.29. The van der Waals surface area contributed by atoms with E-state index in [9.17, 15) is 5.11 Å². The molecule has 2 aromatic rings. The quantitative estimate of drug-likeness (QED) is 0.816. The van der Waals surface area contributed by atoms with E-state index in [0.29, 0.717) is 0 Å². The van der Waals surface area contributed by atoms with Crippen molar-refractivity contribution in [3.8, 4) is 5.75 Å². The highest BCUT2D eigenvalue weighted by Gasteiger charge is 2.28. The van der Waals surface area contributed by atoms with E-state index in [-0.39, 0.29) is 11.2 Å². The molecular weight excluding hydrogens is 190 g/mol. The van der Waals surface area contributed by atoms with E-state index in [4.69, 9.17) is 4.42 Å². The maximum atomic E-state index is 9.78. The third-order valence-electron chi connectivity index (χ3n) is 2.63. The highest BCUT2D eigenvalue weighted by atomic mass is 16.3. The largest absolute Gasteiger partial charge is 0.508 e. The first kappa shape index (κ1) is 9.77. The number of hydrogen-bond donors (Lipinski definition) is 1. The van der Waals surface area contributed by atoms with Crippen molar-refractivity contribution in [2.75, 3.05) is 0 Å². The van der Waals surface area contributed by atoms with Gasteiger partial charge in [-0.05, 0) is 19.9 Å². The Kier molecular flexibility index (Phi) is 2.23. The summed E-state index contributed by atoms with van der Waals surface area (Å²) in [5.74, 6) is 1.02. The molecule has 0 spiro atoms. The number of benzene rings is 1. The molecule has 3 heteroatoms. The first-order valence-electron chi connectivity index (χ1n) is 4.80. The van der Waals surface area contributed by atoms with E-state index in [2.05, 4.69) is 4.98 Å². The number of phenolic OH excluding ortho intramolecular Hbond substituents is 1. The van der Waals surface area contributed by atoms with E-state index in [0.717, 1.165) is 11.3 Å². The molecule has 0 radical (unpaired) electrons. The topological polar surface area (TPSA) is 46.3 Å². The van der Waals surface area contributed by atoms with Crippen molar-refractivity contribution in [2.45, 2.75) is 19.3 Å². The third kappa shape index (κ3) is 1.61. The van der Waals surface area contributed by atoms with Crippen LogP contribution in [0.25, 0.3) is 0 Å². The van der Waals surface area contributed by atoms with E-state index in [1.807, 2.05) is 26.0 Å². The zero-order valence-electron chi connectivity index (χ0n) is 8.77. The van der Waals surface area contributed by atoms with Gasteiger partial charge < -0.3 is 9.52 Å². The molecule has 0 bridgehead atoms. The summed E-state index contributed by atoms with van der Waals surface area (Å²) >= 11 is 0. The molecule has 1 heterocycles. The zero-order chi connectivity index (χ0) is 10.9. The van der Waals surface area contributed by atoms with Crippen LogP contribution in [0.1, 0.15) is 25.2 Å². The molecule has 0 fully saturated rings. The van der Waals surface area contributed by atoms with Crippen LogP contribution in [0, 0.1) is 0 Å². The van der Waals surface area contributed by atoms with Gasteiger partial charge in [0.15, 0.2) is 6.39 Å². The zero-order valence-corrected chi connectivity index (χ0v) is 8.77. The number of phenols is 1. The SMILES string of the molecule is CC(C)(c1cnco1)c1ccccc1O. The van der Waals surface area contributed by atoms with Crippen molar-refractivity contribution < 1.29 is 9.52 Å². The van der Waals surface area contributed by atoms with Crippen LogP contribution in [0.3, 0.4) is 0 Å². The highest BCUT2D eigenvalue weighted by molar-refractivity contribution is 5.41. The molecule has 0 aliphatic carbocycles. The molecule has 0 aliphatic rings. The van der Waals surface area contributed by atoms with Gasteiger partial charge in [0.1, 0.15) is 11.5 Å². The van der Waals surface area contributed by atoms with Crippen molar-refractivity contribution in [2.24, 2.45) is 0 Å². The molecule has 0 atom stereocenters. The van der Waals surface area contributed by atoms with Crippen molar-refractivity contribution in [3.63, 3.8) is 0 Å². The molecule has 78 valence electrons. The minimum absolute atomic E-state index is 0.277. The number of para-hydroxylation sites is 1. The second kappa shape index (κ2) is 3.42. The number of aromatic hydroxyl groups is 1. The van der Waals surface area contributed by atoms with Gasteiger partial charge in [-0.1, -0.05) is 18.2 Å². The molecule has 1 aromatic heterocycles. The Bertz CT molecular complexity index is 446. The van der Waals surface area contributed by atoms with Crippen molar-refractivity contribution in [3.05, 3.63) is 48.2 Å². The molecule has 0 saturated carbocycles. The molecule has 0 aliphatic heterocycles. The fourth-order valence-electron chi connectivity index (χ4n) is 1.66. The van der Waals surface area contributed by atoms with Crippen LogP contribution in [0.4, 0.5) is 0 Å². The Morgan fingerprint density at radius 2 is 2.00 bits per heavy atom. The molecular formula is C12H13NO2. The van der Waals surface area contributed by atoms with Crippen molar-refractivity contribution in [1.29, 1.82) is 0 Å². The fourth-order valence-corrected chi connectivity index (χ4v) is 1.66. The van der Waals surface area contributed by atoms with Gasteiger partial charge >= 0.3 is 0 Å². The van der Waals surface area contributed by atoms with Crippen molar-refractivity contribution >= 4 is 0 Å². The first-order chi connectivity index (χ1) is 7.12. The Balaban J connectivity index is 2.51. The van der Waals surface area contributed by atoms with Gasteiger partial charge in [-0.3, -0.25) is 0 Å². The van der Waals surface area contributed by atoms with Gasteiger partial charge in [-0.2, -0.15) is 0 Å². The van der Waals surface area contributed by atoms with Crippen LogP contribution >= 0.6 is 0 Å². The summed E-state index contributed by atoms with van der Waals surface area (Å²) in [5, 5.41) is 9.78. The Hall–Kier alpha value is -1.77. The Morgan fingerprint density at radius 3 is 2.60 bits per heavy atom. The fraction of sp³-hybridized carbons (Fsp3) is 0.250. The first-order valence-corrected chi connectivity index (χ1v) is 4.80. The van der Waals surface area contributed by atoms with Crippen LogP contribution in [0.15, 0.2) is 41.3 Å². The maximum absolute atomic E-state index is 9.78. The molecule has 1 aromatic carbocycles. The normalized spacial score (nSPS) is 11.6. The van der Waals surface area contributed by atoms with Gasteiger partial charge in [0.25, 0.3) is 0 Å². The predicted molar refractivity (Wildman–Crippen MR) is 56.7 cm³/mol. The molecule has 0 unspecified atom stereocenters. The van der Waals surface area contributed by atoms with Gasteiger partial charge in [-0.25, -0.2) is 4.98 Å². The van der Waals surface area contributed by atoms with Crippen LogP contribution in [-0.2, 0) is 5.41 Å². The summed E-state index contributed by atoms with van der Waals surface area (Å²) in [6.07, 6.45) is 3.07.